The van der Waals surface area contributed by atoms with Crippen molar-refractivity contribution in [3.63, 3.8) is 0 Å². The number of rotatable bonds is 4. The number of carbonyl (C=O) groups is 1. The predicted molar refractivity (Wildman–Crippen MR) is 89.4 cm³/mol. The molecule has 0 aromatic carbocycles. The Balaban J connectivity index is 1.43. The lowest BCUT2D eigenvalue weighted by Gasteiger charge is -2.37. The van der Waals surface area contributed by atoms with Crippen molar-refractivity contribution in [2.45, 2.75) is 45.1 Å². The van der Waals surface area contributed by atoms with Crippen LogP contribution >= 0.6 is 11.3 Å². The average Bonchev–Trinajstić information content (AvgIpc) is 3.19. The van der Waals surface area contributed by atoms with Crippen molar-refractivity contribution in [2.24, 2.45) is 0 Å². The van der Waals surface area contributed by atoms with E-state index in [9.17, 15) is 4.79 Å². The standard InChI is InChI=1S/C16H26N4OS/c1-13-18-14(12-22-13)6-7-17-16(21)20-10-4-5-15(11-20)19-8-2-3-9-19/h12,15H,2-11H2,1H3,(H,17,21). The SMILES string of the molecule is Cc1nc(CCNC(=O)N2CCCC(N3CCCC3)C2)cs1. The first-order chi connectivity index (χ1) is 10.7. The fraction of sp³-hybridized carbons (Fsp3) is 0.750. The second-order valence-corrected chi connectivity index (χ2v) is 7.39. The first-order valence-corrected chi connectivity index (χ1v) is 9.28. The number of carbonyl (C=O) groups excluding carboxylic acids is 1. The van der Waals surface area contributed by atoms with Gasteiger partial charge in [0.15, 0.2) is 0 Å². The third-order valence-corrected chi connectivity index (χ3v) is 5.49. The van der Waals surface area contributed by atoms with E-state index in [1.807, 2.05) is 11.8 Å². The van der Waals surface area contributed by atoms with E-state index in [2.05, 4.69) is 20.6 Å². The molecule has 0 spiro atoms. The second kappa shape index (κ2) is 7.42. The number of hydrogen-bond donors (Lipinski definition) is 1. The Morgan fingerprint density at radius 2 is 2.18 bits per heavy atom. The molecule has 0 aliphatic carbocycles. The summed E-state index contributed by atoms with van der Waals surface area (Å²) < 4.78 is 0. The topological polar surface area (TPSA) is 48.5 Å². The van der Waals surface area contributed by atoms with Crippen LogP contribution in [0.4, 0.5) is 4.79 Å². The van der Waals surface area contributed by atoms with Crippen molar-refractivity contribution >= 4 is 17.4 Å². The van der Waals surface area contributed by atoms with E-state index in [1.165, 1.54) is 32.4 Å². The monoisotopic (exact) mass is 322 g/mol. The molecule has 2 amide bonds. The number of nitrogens with zero attached hydrogens (tertiary/aromatic N) is 3. The molecule has 1 atom stereocenters. The Hall–Kier alpha value is -1.14. The molecule has 3 rings (SSSR count). The summed E-state index contributed by atoms with van der Waals surface area (Å²) >= 11 is 1.67. The zero-order chi connectivity index (χ0) is 15.4. The van der Waals surface area contributed by atoms with Gasteiger partial charge in [-0.2, -0.15) is 0 Å². The molecule has 2 saturated heterocycles. The third-order valence-electron chi connectivity index (χ3n) is 4.66. The number of piperidine rings is 1. The molecule has 2 aliphatic rings. The van der Waals surface area contributed by atoms with Crippen molar-refractivity contribution in [3.8, 4) is 0 Å². The minimum Gasteiger partial charge on any atom is -0.338 e. The Morgan fingerprint density at radius 3 is 2.91 bits per heavy atom. The summed E-state index contributed by atoms with van der Waals surface area (Å²) in [6, 6.07) is 0.666. The molecule has 2 fully saturated rings. The lowest BCUT2D eigenvalue weighted by Crippen LogP contribution is -2.52. The highest BCUT2D eigenvalue weighted by atomic mass is 32.1. The number of amides is 2. The van der Waals surface area contributed by atoms with Gasteiger partial charge in [-0.05, 0) is 45.7 Å². The van der Waals surface area contributed by atoms with E-state index in [-0.39, 0.29) is 6.03 Å². The highest BCUT2D eigenvalue weighted by Crippen LogP contribution is 2.20. The van der Waals surface area contributed by atoms with Crippen LogP contribution in [0.2, 0.25) is 0 Å². The van der Waals surface area contributed by atoms with E-state index < -0.39 is 0 Å². The molecular formula is C16H26N4OS. The van der Waals surface area contributed by atoms with Gasteiger partial charge in [-0.25, -0.2) is 9.78 Å². The molecule has 6 heteroatoms. The zero-order valence-electron chi connectivity index (χ0n) is 13.4. The summed E-state index contributed by atoms with van der Waals surface area (Å²) in [5, 5.41) is 6.22. The van der Waals surface area contributed by atoms with Crippen molar-refractivity contribution in [3.05, 3.63) is 16.1 Å². The second-order valence-electron chi connectivity index (χ2n) is 6.32. The molecule has 3 heterocycles. The summed E-state index contributed by atoms with van der Waals surface area (Å²) in [6.07, 6.45) is 5.81. The number of likely N-dealkylation sites (tertiary alicyclic amines) is 2. The Morgan fingerprint density at radius 1 is 1.36 bits per heavy atom. The molecule has 1 aromatic rings. The summed E-state index contributed by atoms with van der Waals surface area (Å²) in [5.74, 6) is 0. The summed E-state index contributed by atoms with van der Waals surface area (Å²) in [6.45, 7) is 6.89. The van der Waals surface area contributed by atoms with Crippen LogP contribution in [-0.4, -0.2) is 59.6 Å². The van der Waals surface area contributed by atoms with Crippen LogP contribution in [0.5, 0.6) is 0 Å². The van der Waals surface area contributed by atoms with Gasteiger partial charge in [0.25, 0.3) is 0 Å². The van der Waals surface area contributed by atoms with Gasteiger partial charge in [0.2, 0.25) is 0 Å². The van der Waals surface area contributed by atoms with Crippen molar-refractivity contribution < 1.29 is 4.79 Å². The molecular weight excluding hydrogens is 296 g/mol. The number of thiazole rings is 1. The Kier molecular flexibility index (Phi) is 5.31. The molecule has 0 bridgehead atoms. The van der Waals surface area contributed by atoms with Gasteiger partial charge < -0.3 is 10.2 Å². The minimum atomic E-state index is 0.0934. The lowest BCUT2D eigenvalue weighted by atomic mass is 10.0. The predicted octanol–water partition coefficient (Wildman–Crippen LogP) is 2.26. The van der Waals surface area contributed by atoms with Crippen LogP contribution in [0, 0.1) is 6.92 Å². The number of aromatic nitrogens is 1. The first-order valence-electron chi connectivity index (χ1n) is 8.40. The highest BCUT2D eigenvalue weighted by Gasteiger charge is 2.29. The number of urea groups is 1. The molecule has 2 aliphatic heterocycles. The van der Waals surface area contributed by atoms with Crippen molar-refractivity contribution in [1.82, 2.24) is 20.1 Å². The molecule has 22 heavy (non-hydrogen) atoms. The van der Waals surface area contributed by atoms with Crippen LogP contribution in [0.15, 0.2) is 5.38 Å². The fourth-order valence-corrected chi connectivity index (χ4v) is 4.12. The van der Waals surface area contributed by atoms with Crippen LogP contribution in [0.3, 0.4) is 0 Å². The minimum absolute atomic E-state index is 0.0934. The van der Waals surface area contributed by atoms with Gasteiger partial charge in [0, 0.05) is 37.5 Å². The van der Waals surface area contributed by atoms with Crippen molar-refractivity contribution in [1.29, 1.82) is 0 Å². The van der Waals surface area contributed by atoms with Gasteiger partial charge in [-0.3, -0.25) is 4.90 Å². The molecule has 5 nitrogen and oxygen atoms in total. The van der Waals surface area contributed by atoms with Crippen LogP contribution in [0.1, 0.15) is 36.4 Å². The third kappa shape index (κ3) is 3.98. The van der Waals surface area contributed by atoms with Crippen molar-refractivity contribution in [2.75, 3.05) is 32.7 Å². The van der Waals surface area contributed by atoms with E-state index in [4.69, 9.17) is 0 Å². The summed E-state index contributed by atoms with van der Waals surface area (Å²) in [4.78, 5) is 21.3. The largest absolute Gasteiger partial charge is 0.338 e. The van der Waals surface area contributed by atoms with Crippen LogP contribution < -0.4 is 5.32 Å². The quantitative estimate of drug-likeness (QED) is 0.925. The molecule has 1 N–H and O–H groups in total. The van der Waals surface area contributed by atoms with E-state index in [0.29, 0.717) is 12.6 Å². The smallest absolute Gasteiger partial charge is 0.317 e. The van der Waals surface area contributed by atoms with E-state index >= 15 is 0 Å². The summed E-state index contributed by atoms with van der Waals surface area (Å²) in [5.41, 5.74) is 1.08. The normalized spacial score (nSPS) is 23.0. The van der Waals surface area contributed by atoms with Gasteiger partial charge in [0.05, 0.1) is 10.7 Å². The maximum atomic E-state index is 12.3. The molecule has 1 unspecified atom stereocenters. The average molecular weight is 322 g/mol. The summed E-state index contributed by atoms with van der Waals surface area (Å²) in [7, 11) is 0. The maximum Gasteiger partial charge on any atom is 0.317 e. The number of nitrogens with one attached hydrogen (secondary N) is 1. The maximum absolute atomic E-state index is 12.3. The van der Waals surface area contributed by atoms with Gasteiger partial charge in [-0.1, -0.05) is 0 Å². The van der Waals surface area contributed by atoms with Crippen LogP contribution in [0.25, 0.3) is 0 Å². The van der Waals surface area contributed by atoms with E-state index in [0.717, 1.165) is 36.6 Å². The number of aryl methyl sites for hydroxylation is 1. The Bertz CT molecular complexity index is 498. The highest BCUT2D eigenvalue weighted by molar-refractivity contribution is 7.09. The fourth-order valence-electron chi connectivity index (χ4n) is 3.48. The van der Waals surface area contributed by atoms with Gasteiger partial charge >= 0.3 is 6.03 Å². The van der Waals surface area contributed by atoms with Gasteiger partial charge in [-0.15, -0.1) is 11.3 Å². The number of hydrogen-bond acceptors (Lipinski definition) is 4. The molecule has 122 valence electrons. The molecule has 0 saturated carbocycles. The van der Waals surface area contributed by atoms with Crippen LogP contribution in [-0.2, 0) is 6.42 Å². The van der Waals surface area contributed by atoms with Gasteiger partial charge in [0.1, 0.15) is 0 Å². The van der Waals surface area contributed by atoms with E-state index in [1.54, 1.807) is 11.3 Å². The molecule has 1 aromatic heterocycles. The molecule has 0 radical (unpaired) electrons. The lowest BCUT2D eigenvalue weighted by molar-refractivity contribution is 0.125. The first kappa shape index (κ1) is 15.7. The Labute approximate surface area is 136 Å². The zero-order valence-corrected chi connectivity index (χ0v) is 14.2.